The van der Waals surface area contributed by atoms with E-state index in [0.29, 0.717) is 30.1 Å². The smallest absolute Gasteiger partial charge is 0.257 e. The predicted octanol–water partition coefficient (Wildman–Crippen LogP) is 2.39. The van der Waals surface area contributed by atoms with E-state index in [9.17, 15) is 14.4 Å². The number of carbonyl (C=O) groups excluding carboxylic acids is 3. The van der Waals surface area contributed by atoms with Gasteiger partial charge in [0, 0.05) is 57.8 Å². The van der Waals surface area contributed by atoms with E-state index >= 15 is 0 Å². The van der Waals surface area contributed by atoms with E-state index in [-0.39, 0.29) is 48.3 Å². The standard InChI is InChI=1S/C23H33N3O5/c1-14-11-26(16(3)27)15(2)13-31-20-10-18(24-22(28)17-6-7-17)8-9-19(20)23(29)25(4)12-21(14)30-5/h8-10,14-15,17,21H,6-7,11-13H2,1-5H3,(H,24,28)/t14-,15+,21-/m0/s1. The number of anilines is 1. The summed E-state index contributed by atoms with van der Waals surface area (Å²) in [6.07, 6.45) is 1.60. The second kappa shape index (κ2) is 9.68. The number of benzene rings is 1. The predicted molar refractivity (Wildman–Crippen MR) is 117 cm³/mol. The molecule has 1 fully saturated rings. The lowest BCUT2D eigenvalue weighted by Crippen LogP contribution is -2.48. The number of hydrogen-bond acceptors (Lipinski definition) is 5. The van der Waals surface area contributed by atoms with Crippen LogP contribution in [0.4, 0.5) is 5.69 Å². The molecule has 8 nitrogen and oxygen atoms in total. The van der Waals surface area contributed by atoms with Gasteiger partial charge in [0.2, 0.25) is 11.8 Å². The molecule has 2 aliphatic rings. The highest BCUT2D eigenvalue weighted by atomic mass is 16.5. The average molecular weight is 432 g/mol. The molecule has 1 aromatic carbocycles. The minimum Gasteiger partial charge on any atom is -0.491 e. The summed E-state index contributed by atoms with van der Waals surface area (Å²) >= 11 is 0. The molecule has 1 N–H and O–H groups in total. The van der Waals surface area contributed by atoms with Crippen LogP contribution < -0.4 is 10.1 Å². The molecule has 0 saturated heterocycles. The highest BCUT2D eigenvalue weighted by Crippen LogP contribution is 2.32. The number of hydrogen-bond donors (Lipinski definition) is 1. The Hall–Kier alpha value is -2.61. The number of fused-ring (bicyclic) bond motifs is 1. The molecule has 0 spiro atoms. The lowest BCUT2D eigenvalue weighted by molar-refractivity contribution is -0.133. The molecule has 3 rings (SSSR count). The van der Waals surface area contributed by atoms with E-state index in [1.807, 2.05) is 13.8 Å². The monoisotopic (exact) mass is 431 g/mol. The van der Waals surface area contributed by atoms with Crippen molar-refractivity contribution < 1.29 is 23.9 Å². The molecule has 8 heteroatoms. The van der Waals surface area contributed by atoms with Crippen LogP contribution in [-0.2, 0) is 14.3 Å². The normalized spacial score (nSPS) is 25.1. The van der Waals surface area contributed by atoms with Gasteiger partial charge in [-0.25, -0.2) is 0 Å². The van der Waals surface area contributed by atoms with Crippen LogP contribution in [0.1, 0.15) is 44.0 Å². The third-order valence-corrected chi connectivity index (χ3v) is 6.07. The van der Waals surface area contributed by atoms with E-state index in [1.165, 1.54) is 0 Å². The van der Waals surface area contributed by atoms with E-state index in [2.05, 4.69) is 5.32 Å². The van der Waals surface area contributed by atoms with E-state index in [0.717, 1.165) is 12.8 Å². The number of carbonyl (C=O) groups is 3. The number of amides is 3. The Morgan fingerprint density at radius 3 is 2.52 bits per heavy atom. The van der Waals surface area contributed by atoms with Crippen molar-refractivity contribution in [3.63, 3.8) is 0 Å². The first-order chi connectivity index (χ1) is 14.7. The van der Waals surface area contributed by atoms with Crippen molar-refractivity contribution in [2.75, 3.05) is 39.2 Å². The molecule has 1 aromatic rings. The zero-order valence-electron chi connectivity index (χ0n) is 19.0. The zero-order chi connectivity index (χ0) is 22.7. The van der Waals surface area contributed by atoms with Crippen LogP contribution in [0, 0.1) is 11.8 Å². The van der Waals surface area contributed by atoms with Gasteiger partial charge in [0.05, 0.1) is 17.7 Å². The van der Waals surface area contributed by atoms with E-state index < -0.39 is 0 Å². The van der Waals surface area contributed by atoms with Gasteiger partial charge in [0.15, 0.2) is 0 Å². The summed E-state index contributed by atoms with van der Waals surface area (Å²) in [6.45, 7) is 6.61. The molecule has 31 heavy (non-hydrogen) atoms. The SMILES string of the molecule is CO[C@H]1CN(C)C(=O)c2ccc(NC(=O)C3CC3)cc2OC[C@@H](C)N(C(C)=O)C[C@@H]1C. The molecule has 1 heterocycles. The molecule has 3 atom stereocenters. The Balaban J connectivity index is 1.92. The molecule has 1 aliphatic carbocycles. The number of ether oxygens (including phenoxy) is 2. The van der Waals surface area contributed by atoms with E-state index in [4.69, 9.17) is 9.47 Å². The molecule has 1 saturated carbocycles. The van der Waals surface area contributed by atoms with Crippen LogP contribution >= 0.6 is 0 Å². The Kier molecular flexibility index (Phi) is 7.20. The maximum Gasteiger partial charge on any atom is 0.257 e. The van der Waals surface area contributed by atoms with Gasteiger partial charge in [-0.15, -0.1) is 0 Å². The maximum atomic E-state index is 13.2. The van der Waals surface area contributed by atoms with Crippen molar-refractivity contribution >= 4 is 23.4 Å². The second-order valence-electron chi connectivity index (χ2n) is 8.74. The minimum atomic E-state index is -0.219. The Bertz CT molecular complexity index is 839. The summed E-state index contributed by atoms with van der Waals surface area (Å²) in [7, 11) is 3.35. The maximum absolute atomic E-state index is 13.2. The Morgan fingerprint density at radius 1 is 1.19 bits per heavy atom. The summed E-state index contributed by atoms with van der Waals surface area (Å²) in [5.41, 5.74) is 1.01. The fourth-order valence-corrected chi connectivity index (χ4v) is 3.88. The van der Waals surface area contributed by atoms with Gasteiger partial charge in [0.25, 0.3) is 5.91 Å². The molecule has 1 aliphatic heterocycles. The first-order valence-corrected chi connectivity index (χ1v) is 10.8. The first kappa shape index (κ1) is 23.1. The molecule has 0 unspecified atom stereocenters. The largest absolute Gasteiger partial charge is 0.491 e. The van der Waals surface area contributed by atoms with Crippen LogP contribution in [0.25, 0.3) is 0 Å². The molecule has 0 aromatic heterocycles. The highest BCUT2D eigenvalue weighted by Gasteiger charge is 2.31. The van der Waals surface area contributed by atoms with Crippen LogP contribution in [0.5, 0.6) is 5.75 Å². The van der Waals surface area contributed by atoms with Gasteiger partial charge >= 0.3 is 0 Å². The number of methoxy groups -OCH3 is 1. The van der Waals surface area contributed by atoms with Gasteiger partial charge in [0.1, 0.15) is 12.4 Å². The lowest BCUT2D eigenvalue weighted by Gasteiger charge is -2.35. The summed E-state index contributed by atoms with van der Waals surface area (Å²) in [6, 6.07) is 4.90. The van der Waals surface area contributed by atoms with Crippen molar-refractivity contribution in [1.82, 2.24) is 9.80 Å². The van der Waals surface area contributed by atoms with Crippen LogP contribution in [0.3, 0.4) is 0 Å². The number of nitrogens with zero attached hydrogens (tertiary/aromatic N) is 2. The van der Waals surface area contributed by atoms with Crippen molar-refractivity contribution in [2.45, 2.75) is 45.8 Å². The Morgan fingerprint density at radius 2 is 1.90 bits per heavy atom. The van der Waals surface area contributed by atoms with Gasteiger partial charge in [-0.05, 0) is 31.9 Å². The van der Waals surface area contributed by atoms with Gasteiger partial charge in [-0.3, -0.25) is 14.4 Å². The number of rotatable bonds is 3. The summed E-state index contributed by atoms with van der Waals surface area (Å²) < 4.78 is 11.7. The number of likely N-dealkylation sites (N-methyl/N-ethyl adjacent to an activating group) is 1. The van der Waals surface area contributed by atoms with Crippen LogP contribution in [0.2, 0.25) is 0 Å². The molecule has 170 valence electrons. The third-order valence-electron chi connectivity index (χ3n) is 6.07. The lowest BCUT2D eigenvalue weighted by atomic mass is 10.0. The van der Waals surface area contributed by atoms with Gasteiger partial charge in [-0.2, -0.15) is 0 Å². The highest BCUT2D eigenvalue weighted by molar-refractivity contribution is 5.99. The first-order valence-electron chi connectivity index (χ1n) is 10.8. The molecule has 0 bridgehead atoms. The average Bonchev–Trinajstić information content (AvgIpc) is 3.58. The second-order valence-corrected chi connectivity index (χ2v) is 8.74. The molecule has 3 amide bonds. The van der Waals surface area contributed by atoms with Gasteiger partial charge in [-0.1, -0.05) is 6.92 Å². The third kappa shape index (κ3) is 5.55. The van der Waals surface area contributed by atoms with Crippen molar-refractivity contribution in [3.8, 4) is 5.75 Å². The quantitative estimate of drug-likeness (QED) is 0.794. The fourth-order valence-electron chi connectivity index (χ4n) is 3.88. The summed E-state index contributed by atoms with van der Waals surface area (Å²) in [5.74, 6) is 0.274. The minimum absolute atomic E-state index is 0.00963. The van der Waals surface area contributed by atoms with Crippen LogP contribution in [-0.4, -0.2) is 73.5 Å². The topological polar surface area (TPSA) is 88.2 Å². The Labute approximate surface area is 183 Å². The molecule has 0 radical (unpaired) electrons. The van der Waals surface area contributed by atoms with Crippen molar-refractivity contribution in [1.29, 1.82) is 0 Å². The van der Waals surface area contributed by atoms with Crippen LogP contribution in [0.15, 0.2) is 18.2 Å². The van der Waals surface area contributed by atoms with E-state index in [1.54, 1.807) is 49.1 Å². The number of nitrogens with one attached hydrogen (secondary N) is 1. The van der Waals surface area contributed by atoms with Crippen molar-refractivity contribution in [2.24, 2.45) is 11.8 Å². The molecular weight excluding hydrogens is 398 g/mol. The summed E-state index contributed by atoms with van der Waals surface area (Å²) in [4.78, 5) is 41.0. The zero-order valence-corrected chi connectivity index (χ0v) is 19.0. The summed E-state index contributed by atoms with van der Waals surface area (Å²) in [5, 5.41) is 2.90. The van der Waals surface area contributed by atoms with Gasteiger partial charge < -0.3 is 24.6 Å². The molecular formula is C23H33N3O5. The van der Waals surface area contributed by atoms with Crippen molar-refractivity contribution in [3.05, 3.63) is 23.8 Å². The fraction of sp³-hybridized carbons (Fsp3) is 0.609.